The van der Waals surface area contributed by atoms with E-state index in [0.29, 0.717) is 35.1 Å². The van der Waals surface area contributed by atoms with Gasteiger partial charge < -0.3 is 20.4 Å². The van der Waals surface area contributed by atoms with Gasteiger partial charge >= 0.3 is 6.18 Å². The van der Waals surface area contributed by atoms with Gasteiger partial charge in [-0.25, -0.2) is 0 Å². The molecule has 15 heteroatoms. The minimum Gasteiger partial charge on any atom is -0.387 e. The third-order valence-electron chi connectivity index (χ3n) is 7.59. The topological polar surface area (TPSA) is 124 Å². The molecule has 0 unspecified atom stereocenters. The molecule has 3 atom stereocenters. The highest BCUT2D eigenvalue weighted by atomic mass is 79.9. The molecule has 0 radical (unpaired) electrons. The van der Waals surface area contributed by atoms with Crippen LogP contribution in [0.2, 0.25) is 0 Å². The van der Waals surface area contributed by atoms with Crippen molar-refractivity contribution in [3.05, 3.63) is 56.3 Å². The minimum absolute atomic E-state index is 0.0179. The number of carbonyl (C=O) groups excluding carboxylic acids is 2. The molecule has 2 amide bonds. The van der Waals surface area contributed by atoms with Crippen molar-refractivity contribution in [2.75, 3.05) is 50.4 Å². The lowest BCUT2D eigenvalue weighted by atomic mass is 10.0. The monoisotopic (exact) mass is 655 g/mol. The molecule has 2 saturated heterocycles. The number of hydrogen-bond donors (Lipinski definition) is 2. The third kappa shape index (κ3) is 7.30. The molecule has 0 spiro atoms. The number of carbonyl (C=O) groups is 2. The van der Waals surface area contributed by atoms with Gasteiger partial charge in [0.25, 0.3) is 17.5 Å². The summed E-state index contributed by atoms with van der Waals surface area (Å²) in [6.07, 6.45) is -0.0681. The number of anilines is 2. The summed E-state index contributed by atoms with van der Waals surface area (Å²) in [4.78, 5) is 47.0. The number of benzene rings is 1. The summed E-state index contributed by atoms with van der Waals surface area (Å²) in [6.45, 7) is 2.97. The van der Waals surface area contributed by atoms with Crippen LogP contribution in [0.5, 0.6) is 0 Å². The molecule has 2 aliphatic rings. The van der Waals surface area contributed by atoms with E-state index in [-0.39, 0.29) is 42.5 Å². The number of nitrogens with one attached hydrogen (secondary N) is 2. The summed E-state index contributed by atoms with van der Waals surface area (Å²) in [5.41, 5.74) is 0.822. The Bertz CT molecular complexity index is 1330. The maximum absolute atomic E-state index is 13.8. The van der Waals surface area contributed by atoms with Gasteiger partial charge in [0.1, 0.15) is 5.69 Å². The Morgan fingerprint density at radius 3 is 2.40 bits per heavy atom. The molecule has 228 valence electrons. The van der Waals surface area contributed by atoms with E-state index in [9.17, 15) is 32.9 Å². The van der Waals surface area contributed by atoms with Crippen molar-refractivity contribution in [2.45, 2.75) is 51.0 Å². The number of rotatable bonds is 7. The van der Waals surface area contributed by atoms with Crippen molar-refractivity contribution in [1.82, 2.24) is 19.7 Å². The van der Waals surface area contributed by atoms with Crippen molar-refractivity contribution in [1.29, 1.82) is 0 Å². The van der Waals surface area contributed by atoms with E-state index < -0.39 is 41.7 Å². The van der Waals surface area contributed by atoms with Crippen LogP contribution in [0.25, 0.3) is 0 Å². The molecule has 2 N–H and O–H groups in total. The average Bonchev–Trinajstić information content (AvgIpc) is 2.94. The Morgan fingerprint density at radius 1 is 1.10 bits per heavy atom. The number of amides is 2. The fraction of sp³-hybridized carbons (Fsp3) is 0.519. The molecule has 11 nitrogen and oxygen atoms in total. The quantitative estimate of drug-likeness (QED) is 0.328. The number of pyridine rings is 1. The number of piperazine rings is 1. The molecular formula is C27H33BrF3N7O4. The normalized spacial score (nSPS) is 21.6. The van der Waals surface area contributed by atoms with Crippen LogP contribution in [0.4, 0.5) is 30.2 Å². The average molecular weight is 657 g/mol. The van der Waals surface area contributed by atoms with Crippen LogP contribution in [-0.4, -0.2) is 100 Å². The van der Waals surface area contributed by atoms with Crippen molar-refractivity contribution in [2.24, 2.45) is 0 Å². The van der Waals surface area contributed by atoms with E-state index in [0.717, 1.165) is 0 Å². The second-order valence-corrected chi connectivity index (χ2v) is 11.7. The van der Waals surface area contributed by atoms with Gasteiger partial charge in [-0.15, -0.1) is 0 Å². The molecule has 0 saturated carbocycles. The zero-order valence-electron chi connectivity index (χ0n) is 23.4. The van der Waals surface area contributed by atoms with Crippen LogP contribution in [0.15, 0.2) is 35.1 Å². The Morgan fingerprint density at radius 2 is 1.79 bits per heavy atom. The van der Waals surface area contributed by atoms with Gasteiger partial charge in [0.15, 0.2) is 0 Å². The lowest BCUT2D eigenvalue weighted by Crippen LogP contribution is -2.59. The number of nitrogens with zero attached hydrogens (tertiary/aromatic N) is 5. The van der Waals surface area contributed by atoms with Crippen LogP contribution >= 0.6 is 15.9 Å². The minimum atomic E-state index is -4.38. The first-order valence-electron chi connectivity index (χ1n) is 13.6. The van der Waals surface area contributed by atoms with Gasteiger partial charge in [0.05, 0.1) is 28.3 Å². The summed E-state index contributed by atoms with van der Waals surface area (Å²) in [5, 5.41) is 18.2. The number of nitro groups is 1. The third-order valence-corrected chi connectivity index (χ3v) is 8.05. The molecule has 2 fully saturated rings. The molecule has 3 heterocycles. The summed E-state index contributed by atoms with van der Waals surface area (Å²) in [7, 11) is 1.72. The van der Waals surface area contributed by atoms with E-state index in [4.69, 9.17) is 0 Å². The van der Waals surface area contributed by atoms with Crippen LogP contribution in [-0.2, 0) is 0 Å². The summed E-state index contributed by atoms with van der Waals surface area (Å²) >= 11 is 3.27. The molecule has 2 aliphatic heterocycles. The van der Waals surface area contributed by atoms with Gasteiger partial charge in [0.2, 0.25) is 0 Å². The number of hydrogen-bond acceptors (Lipinski definition) is 8. The number of nitro benzene ring substituents is 1. The first kappa shape index (κ1) is 31.5. The van der Waals surface area contributed by atoms with Crippen LogP contribution in [0, 0.1) is 10.1 Å². The number of aromatic nitrogens is 1. The van der Waals surface area contributed by atoms with E-state index in [1.165, 1.54) is 28.1 Å². The first-order chi connectivity index (χ1) is 19.8. The Hall–Kier alpha value is -3.46. The predicted octanol–water partition coefficient (Wildman–Crippen LogP) is 4.61. The van der Waals surface area contributed by atoms with E-state index in [1.807, 2.05) is 0 Å². The number of likely N-dealkylation sites (tertiary alicyclic amines) is 1. The molecule has 1 aromatic heterocycles. The lowest BCUT2D eigenvalue weighted by molar-refractivity contribution is -0.384. The number of alkyl halides is 3. The second kappa shape index (κ2) is 12.8. The van der Waals surface area contributed by atoms with E-state index in [1.54, 1.807) is 38.1 Å². The van der Waals surface area contributed by atoms with E-state index in [2.05, 4.69) is 31.5 Å². The van der Waals surface area contributed by atoms with Crippen molar-refractivity contribution < 1.29 is 27.7 Å². The highest BCUT2D eigenvalue weighted by Crippen LogP contribution is 2.36. The zero-order chi connectivity index (χ0) is 30.8. The van der Waals surface area contributed by atoms with Gasteiger partial charge in [0, 0.05) is 74.3 Å². The SMILES string of the molecule is CNc1cncc(C(=O)N2CCC[C@@H](Nc3c(C(=O)N4C[C@@H](C)N(CC(F)(F)F)[C@@H](C)C4)cc(Br)cc3[N+](=O)[O-])C2)c1. The van der Waals surface area contributed by atoms with Gasteiger partial charge in [-0.2, -0.15) is 13.2 Å². The maximum Gasteiger partial charge on any atom is 0.401 e. The fourth-order valence-electron chi connectivity index (χ4n) is 5.63. The fourth-order valence-corrected chi connectivity index (χ4v) is 6.07. The van der Waals surface area contributed by atoms with Crippen LogP contribution in [0.3, 0.4) is 0 Å². The molecule has 1 aromatic carbocycles. The Labute approximate surface area is 249 Å². The van der Waals surface area contributed by atoms with Crippen molar-refractivity contribution in [3.63, 3.8) is 0 Å². The number of piperidine rings is 1. The van der Waals surface area contributed by atoms with Crippen molar-refractivity contribution >= 4 is 44.8 Å². The second-order valence-electron chi connectivity index (χ2n) is 10.7. The Balaban J connectivity index is 1.58. The first-order valence-corrected chi connectivity index (χ1v) is 14.3. The van der Waals surface area contributed by atoms with Crippen LogP contribution in [0.1, 0.15) is 47.4 Å². The van der Waals surface area contributed by atoms with Gasteiger partial charge in [-0.1, -0.05) is 15.9 Å². The standard InChI is InChI=1S/C27H33BrF3N7O4/c1-16-12-36(13-17(2)37(16)15-27(29,30)31)26(40)22-8-19(28)9-23(38(41)42)24(22)34-20-5-4-6-35(14-20)25(39)18-7-21(32-3)11-33-10-18/h7-11,16-17,20,32,34H,4-6,12-15H2,1-3H3/t16-,17+,20-/m1/s1. The van der Waals surface area contributed by atoms with E-state index >= 15 is 0 Å². The molecule has 4 rings (SSSR count). The highest BCUT2D eigenvalue weighted by Gasteiger charge is 2.40. The molecule has 42 heavy (non-hydrogen) atoms. The molecule has 2 aromatic rings. The molecular weight excluding hydrogens is 623 g/mol. The lowest BCUT2D eigenvalue weighted by Gasteiger charge is -2.44. The summed E-state index contributed by atoms with van der Waals surface area (Å²) < 4.78 is 39.7. The van der Waals surface area contributed by atoms with Crippen molar-refractivity contribution in [3.8, 4) is 0 Å². The van der Waals surface area contributed by atoms with Gasteiger partial charge in [-0.3, -0.25) is 29.6 Å². The van der Waals surface area contributed by atoms with Gasteiger partial charge in [-0.05, 0) is 38.8 Å². The summed E-state index contributed by atoms with van der Waals surface area (Å²) in [6, 6.07) is 2.93. The maximum atomic E-state index is 13.8. The summed E-state index contributed by atoms with van der Waals surface area (Å²) in [5.74, 6) is -0.752. The zero-order valence-corrected chi connectivity index (χ0v) is 25.0. The highest BCUT2D eigenvalue weighted by molar-refractivity contribution is 9.10. The largest absolute Gasteiger partial charge is 0.401 e. The number of halogens is 4. The van der Waals surface area contributed by atoms with Crippen LogP contribution < -0.4 is 10.6 Å². The molecule has 0 bridgehead atoms. The molecule has 0 aliphatic carbocycles. The Kier molecular flexibility index (Phi) is 9.60. The smallest absolute Gasteiger partial charge is 0.387 e. The predicted molar refractivity (Wildman–Crippen MR) is 155 cm³/mol.